The van der Waals surface area contributed by atoms with Crippen molar-refractivity contribution >= 4 is 22.7 Å². The van der Waals surface area contributed by atoms with Crippen molar-refractivity contribution in [2.45, 2.75) is 60.2 Å². The molecule has 1 N–H and O–H groups in total. The van der Waals surface area contributed by atoms with Gasteiger partial charge in [0.2, 0.25) is 0 Å². The summed E-state index contributed by atoms with van der Waals surface area (Å²) in [6.07, 6.45) is 1.93. The molecule has 0 saturated heterocycles. The zero-order chi connectivity index (χ0) is 19.8. The molecular formula is C21H28ClFO3. The first-order chi connectivity index (χ1) is 12.0. The van der Waals surface area contributed by atoms with Crippen LogP contribution in [-0.2, 0) is 0 Å². The smallest absolute Gasteiger partial charge is 0.150 e. The lowest BCUT2D eigenvalue weighted by Gasteiger charge is -2.34. The van der Waals surface area contributed by atoms with E-state index in [1.807, 2.05) is 33.8 Å². The van der Waals surface area contributed by atoms with E-state index in [0.717, 1.165) is 11.1 Å². The van der Waals surface area contributed by atoms with Gasteiger partial charge in [0.15, 0.2) is 5.75 Å². The monoisotopic (exact) mass is 382 g/mol. The largest absolute Gasteiger partial charge is 0.489 e. The molecule has 1 aromatic rings. The molecular weight excluding hydrogens is 355 g/mol. The number of benzene rings is 1. The highest BCUT2D eigenvalue weighted by molar-refractivity contribution is 6.34. The van der Waals surface area contributed by atoms with Crippen molar-refractivity contribution in [2.75, 3.05) is 6.61 Å². The summed E-state index contributed by atoms with van der Waals surface area (Å²) in [6.45, 7) is 12.8. The average Bonchev–Trinajstić information content (AvgIpc) is 2.54. The van der Waals surface area contributed by atoms with Gasteiger partial charge in [0, 0.05) is 11.1 Å². The molecule has 3 nitrogen and oxygen atoms in total. The van der Waals surface area contributed by atoms with E-state index in [4.69, 9.17) is 21.1 Å². The molecule has 0 unspecified atom stereocenters. The maximum absolute atomic E-state index is 14.2. The molecule has 26 heavy (non-hydrogen) atoms. The lowest BCUT2D eigenvalue weighted by Crippen LogP contribution is -2.30. The molecule has 0 aliphatic carbocycles. The van der Waals surface area contributed by atoms with Crippen LogP contribution in [0, 0.1) is 5.92 Å². The minimum atomic E-state index is -0.669. The Labute approximate surface area is 160 Å². The van der Waals surface area contributed by atoms with Gasteiger partial charge in [-0.1, -0.05) is 25.4 Å². The van der Waals surface area contributed by atoms with Crippen molar-refractivity contribution in [3.05, 3.63) is 34.1 Å². The fourth-order valence-corrected chi connectivity index (χ4v) is 3.33. The fraction of sp³-hybridized carbons (Fsp3) is 0.524. The first kappa shape index (κ1) is 20.8. The lowest BCUT2D eigenvalue weighted by molar-refractivity contribution is 0.156. The molecule has 1 aliphatic heterocycles. The first-order valence-electron chi connectivity index (χ1n) is 8.90. The molecule has 1 heterocycles. The van der Waals surface area contributed by atoms with Gasteiger partial charge in [0.25, 0.3) is 0 Å². The zero-order valence-corrected chi connectivity index (χ0v) is 17.3. The van der Waals surface area contributed by atoms with E-state index in [0.29, 0.717) is 27.7 Å². The van der Waals surface area contributed by atoms with Gasteiger partial charge in [0.1, 0.15) is 22.2 Å². The van der Waals surface area contributed by atoms with Crippen molar-refractivity contribution < 1.29 is 19.0 Å². The first-order valence-corrected chi connectivity index (χ1v) is 9.28. The molecule has 144 valence electrons. The van der Waals surface area contributed by atoms with Gasteiger partial charge in [-0.15, -0.1) is 0 Å². The Morgan fingerprint density at radius 3 is 2.42 bits per heavy atom. The Morgan fingerprint density at radius 1 is 1.31 bits per heavy atom. The fourth-order valence-electron chi connectivity index (χ4n) is 3.05. The van der Waals surface area contributed by atoms with E-state index in [9.17, 15) is 9.50 Å². The standard InChI is InChI=1S/C21H28ClFO3/c1-11(2)16-9-21(6,7)26-20-15(16)8-14(13(5)17(23)10-24)19(18(20)22)25-12(3)4/h8-9,11-12,24H,10H2,1-7H3/b17-13+. The molecule has 0 radical (unpaired) electrons. The number of hydrogen-bond acceptors (Lipinski definition) is 3. The van der Waals surface area contributed by atoms with Gasteiger partial charge in [-0.25, -0.2) is 4.39 Å². The molecule has 0 spiro atoms. The Hall–Kier alpha value is -1.52. The van der Waals surface area contributed by atoms with E-state index in [-0.39, 0.29) is 12.0 Å². The molecule has 1 aromatic carbocycles. The average molecular weight is 383 g/mol. The number of halogens is 2. The summed E-state index contributed by atoms with van der Waals surface area (Å²) in [4.78, 5) is 0. The molecule has 0 amide bonds. The van der Waals surface area contributed by atoms with E-state index >= 15 is 0 Å². The maximum Gasteiger partial charge on any atom is 0.150 e. The number of aliphatic hydroxyl groups is 1. The quantitative estimate of drug-likeness (QED) is 0.675. The summed E-state index contributed by atoms with van der Waals surface area (Å²) in [7, 11) is 0. The van der Waals surface area contributed by atoms with E-state index in [2.05, 4.69) is 19.9 Å². The Bertz CT molecular complexity index is 761. The molecule has 0 bridgehead atoms. The normalized spacial score (nSPS) is 16.8. The second-order valence-corrected chi connectivity index (χ2v) is 8.14. The van der Waals surface area contributed by atoms with Gasteiger partial charge in [0.05, 0.1) is 12.7 Å². The number of ether oxygens (including phenoxy) is 2. The van der Waals surface area contributed by atoms with Crippen LogP contribution in [-0.4, -0.2) is 23.4 Å². The molecule has 1 aliphatic rings. The van der Waals surface area contributed by atoms with Crippen LogP contribution in [0.15, 0.2) is 18.0 Å². The summed E-state index contributed by atoms with van der Waals surface area (Å²) in [5, 5.41) is 9.54. The predicted octanol–water partition coefficient (Wildman–Crippen LogP) is 6.03. The second-order valence-electron chi connectivity index (χ2n) is 7.76. The summed E-state index contributed by atoms with van der Waals surface area (Å²) in [5.74, 6) is 0.563. The van der Waals surface area contributed by atoms with Crippen molar-refractivity contribution in [1.29, 1.82) is 0 Å². The minimum Gasteiger partial charge on any atom is -0.489 e. The van der Waals surface area contributed by atoms with Crippen LogP contribution in [0.5, 0.6) is 11.5 Å². The van der Waals surface area contributed by atoms with E-state index in [1.54, 1.807) is 6.92 Å². The summed E-state index contributed by atoms with van der Waals surface area (Å²) in [5.41, 5.74) is 2.26. The molecule has 5 heteroatoms. The van der Waals surface area contributed by atoms with Crippen LogP contribution in [0.2, 0.25) is 5.02 Å². The van der Waals surface area contributed by atoms with Gasteiger partial charge >= 0.3 is 0 Å². The molecule has 0 aromatic heterocycles. The maximum atomic E-state index is 14.2. The highest BCUT2D eigenvalue weighted by atomic mass is 35.5. The lowest BCUT2D eigenvalue weighted by atomic mass is 9.86. The number of fused-ring (bicyclic) bond motifs is 1. The SMILES string of the molecule is C/C(=C(\F)CO)c1cc2c(c(Cl)c1OC(C)C)OC(C)(C)C=C2C(C)C. The highest BCUT2D eigenvalue weighted by Crippen LogP contribution is 2.50. The summed E-state index contributed by atoms with van der Waals surface area (Å²) < 4.78 is 26.2. The summed E-state index contributed by atoms with van der Waals surface area (Å²) in [6, 6.07) is 1.85. The second kappa shape index (κ2) is 7.61. The number of hydrogen-bond donors (Lipinski definition) is 1. The van der Waals surface area contributed by atoms with Crippen LogP contribution in [0.3, 0.4) is 0 Å². The van der Waals surface area contributed by atoms with Gasteiger partial charge in [-0.2, -0.15) is 0 Å². The predicted molar refractivity (Wildman–Crippen MR) is 106 cm³/mol. The van der Waals surface area contributed by atoms with Gasteiger partial charge in [-0.05, 0) is 63.8 Å². The third-order valence-corrected chi connectivity index (χ3v) is 4.62. The van der Waals surface area contributed by atoms with Crippen molar-refractivity contribution in [3.63, 3.8) is 0 Å². The molecule has 2 rings (SSSR count). The molecule has 0 atom stereocenters. The van der Waals surface area contributed by atoms with E-state index < -0.39 is 18.0 Å². The Kier molecular flexibility index (Phi) is 6.09. The molecule has 0 saturated carbocycles. The van der Waals surface area contributed by atoms with Crippen molar-refractivity contribution in [3.8, 4) is 11.5 Å². The van der Waals surface area contributed by atoms with Gasteiger partial charge < -0.3 is 14.6 Å². The topological polar surface area (TPSA) is 38.7 Å². The van der Waals surface area contributed by atoms with Crippen LogP contribution in [0.1, 0.15) is 59.6 Å². The summed E-state index contributed by atoms with van der Waals surface area (Å²) >= 11 is 6.68. The van der Waals surface area contributed by atoms with Crippen LogP contribution < -0.4 is 9.47 Å². The van der Waals surface area contributed by atoms with E-state index in [1.165, 1.54) is 0 Å². The number of aliphatic hydroxyl groups excluding tert-OH is 1. The van der Waals surface area contributed by atoms with Crippen molar-refractivity contribution in [2.24, 2.45) is 5.92 Å². The Balaban J connectivity index is 2.83. The van der Waals surface area contributed by atoms with Crippen LogP contribution >= 0.6 is 11.6 Å². The zero-order valence-electron chi connectivity index (χ0n) is 16.5. The van der Waals surface area contributed by atoms with Crippen molar-refractivity contribution in [1.82, 2.24) is 0 Å². The highest BCUT2D eigenvalue weighted by Gasteiger charge is 2.32. The minimum absolute atomic E-state index is 0.147. The third-order valence-electron chi connectivity index (χ3n) is 4.28. The van der Waals surface area contributed by atoms with Gasteiger partial charge in [-0.3, -0.25) is 0 Å². The van der Waals surface area contributed by atoms with Crippen LogP contribution in [0.25, 0.3) is 11.1 Å². The van der Waals surface area contributed by atoms with Crippen LogP contribution in [0.4, 0.5) is 4.39 Å². The molecule has 0 fully saturated rings. The number of allylic oxidation sites excluding steroid dienone is 2. The Morgan fingerprint density at radius 2 is 1.92 bits per heavy atom. The third kappa shape index (κ3) is 4.07. The number of rotatable bonds is 5.